The first kappa shape index (κ1) is 31.2. The second-order valence-electron chi connectivity index (χ2n) is 10.8. The van der Waals surface area contributed by atoms with Crippen LogP contribution in [0.5, 0.6) is 5.75 Å². The number of amides is 2. The van der Waals surface area contributed by atoms with Crippen molar-refractivity contribution in [1.29, 1.82) is 0 Å². The van der Waals surface area contributed by atoms with Crippen LogP contribution >= 0.6 is 0 Å². The number of carbonyl (C=O) groups is 3. The Hall–Kier alpha value is -5.28. The van der Waals surface area contributed by atoms with Gasteiger partial charge in [0, 0.05) is 24.5 Å². The van der Waals surface area contributed by atoms with E-state index < -0.39 is 11.9 Å². The molecule has 1 N–H and O–H groups in total. The number of para-hydroxylation sites is 1. The van der Waals surface area contributed by atoms with Gasteiger partial charge in [-0.1, -0.05) is 48.5 Å². The molecule has 1 atom stereocenters. The number of anilines is 2. The lowest BCUT2D eigenvalue weighted by molar-refractivity contribution is -0.115. The molecule has 45 heavy (non-hydrogen) atoms. The molecule has 1 heterocycles. The Morgan fingerprint density at radius 2 is 1.58 bits per heavy atom. The summed E-state index contributed by atoms with van der Waals surface area (Å²) in [5.74, 6) is -1.03. The van der Waals surface area contributed by atoms with Gasteiger partial charge in [0.1, 0.15) is 11.7 Å². The molecule has 0 saturated carbocycles. The maximum absolute atomic E-state index is 13.7. The normalized spacial score (nSPS) is 14.1. The quantitative estimate of drug-likeness (QED) is 0.168. The van der Waals surface area contributed by atoms with Gasteiger partial charge in [0.15, 0.2) is 0 Å². The van der Waals surface area contributed by atoms with Crippen LogP contribution in [0.1, 0.15) is 44.7 Å². The molecule has 4 aromatic carbocycles. The molecule has 0 saturated heterocycles. The maximum Gasteiger partial charge on any atom is 0.338 e. The molecule has 1 aliphatic rings. The fraction of sp³-hybridized carbons (Fsp3) is 0.222. The molecule has 0 aliphatic carbocycles. The SMILES string of the molecule is CCOC(=O)c1ccc2c(c1)NC(=O)C2C(=Nc1ccc(N(CCN(C)C)C(=O)c2ccccc2OC)cc1)c1ccccc1. The third kappa shape index (κ3) is 6.94. The molecule has 4 aromatic rings. The van der Waals surface area contributed by atoms with E-state index in [1.807, 2.05) is 85.7 Å². The Bertz CT molecular complexity index is 1720. The summed E-state index contributed by atoms with van der Waals surface area (Å²) in [5.41, 5.74) is 4.82. The first-order valence-electron chi connectivity index (χ1n) is 14.8. The van der Waals surface area contributed by atoms with Crippen LogP contribution in [0.4, 0.5) is 17.1 Å². The van der Waals surface area contributed by atoms with Gasteiger partial charge in [0.25, 0.3) is 5.91 Å². The predicted octanol–water partition coefficient (Wildman–Crippen LogP) is 5.94. The summed E-state index contributed by atoms with van der Waals surface area (Å²) >= 11 is 0. The monoisotopic (exact) mass is 604 g/mol. The number of ether oxygens (including phenoxy) is 2. The van der Waals surface area contributed by atoms with Crippen molar-refractivity contribution in [3.05, 3.63) is 119 Å². The van der Waals surface area contributed by atoms with E-state index in [0.717, 1.165) is 11.1 Å². The maximum atomic E-state index is 13.7. The molecule has 1 unspecified atom stereocenters. The lowest BCUT2D eigenvalue weighted by Crippen LogP contribution is -2.37. The van der Waals surface area contributed by atoms with Crippen LogP contribution in [0.3, 0.4) is 0 Å². The average Bonchev–Trinajstić information content (AvgIpc) is 3.39. The lowest BCUT2D eigenvalue weighted by atomic mass is 9.90. The van der Waals surface area contributed by atoms with Crippen LogP contribution in [0.15, 0.2) is 102 Å². The standard InChI is InChI=1S/C36H36N4O5/c1-5-45-36(43)25-15-20-28-30(23-25)38-34(41)32(28)33(24-11-7-6-8-12-24)37-26-16-18-27(19-17-26)40(22-21-39(2)3)35(42)29-13-9-10-14-31(29)44-4/h6-20,23,32H,5,21-22H2,1-4H3,(H,38,41). The molecule has 0 aromatic heterocycles. The Balaban J connectivity index is 1.51. The molecule has 1 aliphatic heterocycles. The number of rotatable bonds is 11. The van der Waals surface area contributed by atoms with E-state index in [1.54, 1.807) is 49.3 Å². The van der Waals surface area contributed by atoms with Gasteiger partial charge in [-0.05, 0) is 80.7 Å². The van der Waals surface area contributed by atoms with E-state index in [-0.39, 0.29) is 18.4 Å². The average molecular weight is 605 g/mol. The van der Waals surface area contributed by atoms with Crippen LogP contribution in [0.25, 0.3) is 0 Å². The van der Waals surface area contributed by atoms with E-state index in [0.29, 0.717) is 52.7 Å². The zero-order valence-electron chi connectivity index (χ0n) is 25.8. The van der Waals surface area contributed by atoms with Crippen molar-refractivity contribution in [2.45, 2.75) is 12.8 Å². The number of likely N-dealkylation sites (N-methyl/N-ethyl adjacent to an activating group) is 1. The molecule has 9 heteroatoms. The van der Waals surface area contributed by atoms with Crippen molar-refractivity contribution in [3.63, 3.8) is 0 Å². The number of methoxy groups -OCH3 is 1. The zero-order valence-corrected chi connectivity index (χ0v) is 25.8. The minimum Gasteiger partial charge on any atom is -0.496 e. The lowest BCUT2D eigenvalue weighted by Gasteiger charge is -2.25. The number of hydrogen-bond donors (Lipinski definition) is 1. The van der Waals surface area contributed by atoms with Crippen LogP contribution in [0, 0.1) is 0 Å². The number of carbonyl (C=O) groups excluding carboxylic acids is 3. The highest BCUT2D eigenvalue weighted by atomic mass is 16.5. The van der Waals surface area contributed by atoms with Crippen LogP contribution < -0.4 is 15.0 Å². The molecule has 2 amide bonds. The number of hydrogen-bond acceptors (Lipinski definition) is 7. The zero-order chi connectivity index (χ0) is 31.9. The largest absolute Gasteiger partial charge is 0.496 e. The number of benzene rings is 4. The summed E-state index contributed by atoms with van der Waals surface area (Å²) in [4.78, 5) is 48.2. The van der Waals surface area contributed by atoms with Crippen molar-refractivity contribution in [2.24, 2.45) is 4.99 Å². The summed E-state index contributed by atoms with van der Waals surface area (Å²) in [6.45, 7) is 3.13. The van der Waals surface area contributed by atoms with Gasteiger partial charge in [-0.15, -0.1) is 0 Å². The van der Waals surface area contributed by atoms with Crippen molar-refractivity contribution in [3.8, 4) is 5.75 Å². The second kappa shape index (κ2) is 14.0. The minimum atomic E-state index is -0.693. The van der Waals surface area contributed by atoms with Crippen LogP contribution in [-0.4, -0.2) is 69.3 Å². The second-order valence-corrected chi connectivity index (χ2v) is 10.8. The number of nitrogens with zero attached hydrogens (tertiary/aromatic N) is 3. The Kier molecular flexibility index (Phi) is 9.70. The molecule has 9 nitrogen and oxygen atoms in total. The molecular weight excluding hydrogens is 568 g/mol. The number of nitrogens with one attached hydrogen (secondary N) is 1. The molecule has 0 bridgehead atoms. The Labute approximate surface area is 263 Å². The van der Waals surface area contributed by atoms with Gasteiger partial charge < -0.3 is 24.6 Å². The molecule has 0 spiro atoms. The van der Waals surface area contributed by atoms with E-state index in [9.17, 15) is 14.4 Å². The van der Waals surface area contributed by atoms with Crippen molar-refractivity contribution < 1.29 is 23.9 Å². The van der Waals surface area contributed by atoms with Gasteiger partial charge in [0.05, 0.1) is 36.2 Å². The van der Waals surface area contributed by atoms with Gasteiger partial charge in [-0.25, -0.2) is 4.79 Å². The highest BCUT2D eigenvalue weighted by Crippen LogP contribution is 2.37. The first-order valence-corrected chi connectivity index (χ1v) is 14.8. The summed E-state index contributed by atoms with van der Waals surface area (Å²) < 4.78 is 10.6. The van der Waals surface area contributed by atoms with Gasteiger partial charge in [-0.3, -0.25) is 14.6 Å². The van der Waals surface area contributed by atoms with E-state index >= 15 is 0 Å². The van der Waals surface area contributed by atoms with Gasteiger partial charge in [0.2, 0.25) is 5.91 Å². The van der Waals surface area contributed by atoms with Crippen molar-refractivity contribution >= 4 is 40.6 Å². The molecular formula is C36H36N4O5. The topological polar surface area (TPSA) is 101 Å². The van der Waals surface area contributed by atoms with E-state index in [4.69, 9.17) is 14.5 Å². The third-order valence-corrected chi connectivity index (χ3v) is 7.50. The fourth-order valence-electron chi connectivity index (χ4n) is 5.24. The molecule has 0 fully saturated rings. The van der Waals surface area contributed by atoms with E-state index in [2.05, 4.69) is 5.32 Å². The summed E-state index contributed by atoms with van der Waals surface area (Å²) in [6, 6.07) is 29.2. The summed E-state index contributed by atoms with van der Waals surface area (Å²) in [5, 5.41) is 2.92. The van der Waals surface area contributed by atoms with E-state index in [1.165, 1.54) is 0 Å². The number of aliphatic imine (C=N–C) groups is 1. The highest BCUT2D eigenvalue weighted by Gasteiger charge is 2.36. The molecule has 0 radical (unpaired) electrons. The molecule has 5 rings (SSSR count). The first-order chi connectivity index (χ1) is 21.8. The van der Waals surface area contributed by atoms with Crippen molar-refractivity contribution in [2.75, 3.05) is 51.1 Å². The minimum absolute atomic E-state index is 0.169. The summed E-state index contributed by atoms with van der Waals surface area (Å²) in [6.07, 6.45) is 0. The Morgan fingerprint density at radius 1 is 0.867 bits per heavy atom. The van der Waals surface area contributed by atoms with Gasteiger partial charge in [-0.2, -0.15) is 0 Å². The van der Waals surface area contributed by atoms with Gasteiger partial charge >= 0.3 is 5.97 Å². The van der Waals surface area contributed by atoms with Crippen LogP contribution in [0.2, 0.25) is 0 Å². The van der Waals surface area contributed by atoms with Crippen LogP contribution in [-0.2, 0) is 9.53 Å². The Morgan fingerprint density at radius 3 is 2.27 bits per heavy atom. The number of esters is 1. The van der Waals surface area contributed by atoms with Crippen molar-refractivity contribution in [1.82, 2.24) is 4.90 Å². The fourth-order valence-corrected chi connectivity index (χ4v) is 5.24. The smallest absolute Gasteiger partial charge is 0.338 e. The molecule has 230 valence electrons. The predicted molar refractivity (Wildman–Crippen MR) is 176 cm³/mol. The third-order valence-electron chi connectivity index (χ3n) is 7.50. The summed E-state index contributed by atoms with van der Waals surface area (Å²) in [7, 11) is 5.48. The number of fused-ring (bicyclic) bond motifs is 1. The highest BCUT2D eigenvalue weighted by molar-refractivity contribution is 6.24.